The molecular weight excluding hydrogens is 462 g/mol. The van der Waals surface area contributed by atoms with Crippen molar-refractivity contribution in [3.8, 4) is 11.5 Å². The van der Waals surface area contributed by atoms with E-state index in [4.69, 9.17) is 4.74 Å². The van der Waals surface area contributed by atoms with Crippen LogP contribution in [0.1, 0.15) is 79.8 Å². The number of rotatable bonds is 8. The van der Waals surface area contributed by atoms with Crippen LogP contribution in [0.25, 0.3) is 0 Å². The largest absolute Gasteiger partial charge is 0.504 e. The zero-order chi connectivity index (χ0) is 26.1. The Hall–Kier alpha value is -3.12. The fraction of sp³-hybridized carbons (Fsp3) is 0.484. The van der Waals surface area contributed by atoms with E-state index in [9.17, 15) is 9.90 Å². The molecule has 2 atom stereocenters. The third-order valence-corrected chi connectivity index (χ3v) is 7.83. The van der Waals surface area contributed by atoms with E-state index in [1.807, 2.05) is 30.3 Å². The van der Waals surface area contributed by atoms with Crippen LogP contribution >= 0.6 is 0 Å². The van der Waals surface area contributed by atoms with Gasteiger partial charge in [0.25, 0.3) is 5.91 Å². The Kier molecular flexibility index (Phi) is 9.40. The molecule has 0 fully saturated rings. The smallest absolute Gasteiger partial charge is 0.271 e. The number of hydrogen-bond acceptors (Lipinski definition) is 5. The number of aryl methyl sites for hydroxylation is 1. The van der Waals surface area contributed by atoms with Crippen LogP contribution in [0.15, 0.2) is 60.2 Å². The van der Waals surface area contributed by atoms with E-state index < -0.39 is 0 Å². The van der Waals surface area contributed by atoms with E-state index >= 15 is 0 Å². The molecule has 0 unspecified atom stereocenters. The molecule has 2 aromatic rings. The predicted molar refractivity (Wildman–Crippen MR) is 149 cm³/mol. The van der Waals surface area contributed by atoms with Gasteiger partial charge in [-0.25, -0.2) is 5.43 Å². The fourth-order valence-electron chi connectivity index (χ4n) is 5.56. The highest BCUT2D eigenvalue weighted by molar-refractivity contribution is 5.96. The lowest BCUT2D eigenvalue weighted by atomic mass is 9.76. The molecule has 2 aliphatic rings. The summed E-state index contributed by atoms with van der Waals surface area (Å²) >= 11 is 0. The number of nitrogens with one attached hydrogen (secondary N) is 2. The van der Waals surface area contributed by atoms with Crippen molar-refractivity contribution in [2.45, 2.75) is 77.2 Å². The van der Waals surface area contributed by atoms with Gasteiger partial charge in [-0.3, -0.25) is 4.79 Å². The van der Waals surface area contributed by atoms with E-state index in [2.05, 4.69) is 29.3 Å². The lowest BCUT2D eigenvalue weighted by molar-refractivity contribution is 0.0954. The van der Waals surface area contributed by atoms with Gasteiger partial charge in [-0.05, 0) is 80.7 Å². The summed E-state index contributed by atoms with van der Waals surface area (Å²) in [6.07, 6.45) is 11.9. The molecule has 2 aromatic carbocycles. The molecule has 6 heteroatoms. The third kappa shape index (κ3) is 7.22. The normalized spacial score (nSPS) is 22.8. The Balaban J connectivity index is 1.56. The second kappa shape index (κ2) is 12.9. The van der Waals surface area contributed by atoms with Crippen LogP contribution < -0.4 is 15.5 Å². The van der Waals surface area contributed by atoms with Crippen LogP contribution in [-0.4, -0.2) is 35.9 Å². The minimum absolute atomic E-state index is 0.179. The molecule has 6 nitrogen and oxygen atoms in total. The second-order valence-electron chi connectivity index (χ2n) is 10.7. The first-order valence-electron chi connectivity index (χ1n) is 13.7. The quantitative estimate of drug-likeness (QED) is 0.236. The molecular formula is C31H41N3O3. The molecule has 3 N–H and O–H groups in total. The Morgan fingerprint density at radius 2 is 2.00 bits per heavy atom. The van der Waals surface area contributed by atoms with Crippen LogP contribution in [0.5, 0.6) is 11.5 Å². The number of carbonyl (C=O) groups excluding carboxylic acids is 1. The van der Waals surface area contributed by atoms with Gasteiger partial charge in [0.1, 0.15) is 6.10 Å². The van der Waals surface area contributed by atoms with E-state index in [1.54, 1.807) is 18.2 Å². The van der Waals surface area contributed by atoms with Crippen molar-refractivity contribution >= 4 is 11.6 Å². The average Bonchev–Trinajstić information content (AvgIpc) is 3.36. The number of hydrazone groups is 1. The second-order valence-corrected chi connectivity index (χ2v) is 10.7. The average molecular weight is 504 g/mol. The molecule has 1 aliphatic heterocycles. The van der Waals surface area contributed by atoms with Crippen molar-refractivity contribution in [2.75, 3.05) is 13.1 Å². The molecule has 198 valence electrons. The number of amides is 1. The SMILES string of the molecule is C=CCNCCC[C@]1(C)CCCCCc2ccc(O)c3c2C[C@@H](O3)/C(=N/NC(=O)c2ccccc2)CC1. The number of phenolic OH excluding ortho intramolecular Hbond substituents is 1. The number of aromatic hydroxyl groups is 1. The fourth-order valence-corrected chi connectivity index (χ4v) is 5.56. The number of fused-ring (bicyclic) bond motifs is 1. The number of benzene rings is 2. The number of carbonyl (C=O) groups is 1. The zero-order valence-electron chi connectivity index (χ0n) is 22.1. The van der Waals surface area contributed by atoms with Crippen molar-refractivity contribution < 1.29 is 14.6 Å². The van der Waals surface area contributed by atoms with Crippen molar-refractivity contribution in [3.05, 3.63) is 71.8 Å². The number of phenols is 1. The highest BCUT2D eigenvalue weighted by Gasteiger charge is 2.34. The maximum absolute atomic E-state index is 12.8. The minimum Gasteiger partial charge on any atom is -0.504 e. The standard InChI is InChI=1S/C31H41N3O3/c1-3-20-32-21-10-18-31(2)17-9-5-8-11-23-14-15-27(35)29-25(23)22-28(37-29)26(16-19-31)33-34-30(36)24-12-6-4-7-13-24/h3-4,6-7,12-15,28,32,35H,1,5,8-11,16-22H2,2H3,(H,34,36)/b33-26+/t28-,31+/m1/s1. The van der Waals surface area contributed by atoms with Gasteiger partial charge in [-0.1, -0.05) is 50.1 Å². The van der Waals surface area contributed by atoms with Gasteiger partial charge >= 0.3 is 0 Å². The molecule has 2 bridgehead atoms. The van der Waals surface area contributed by atoms with Crippen molar-refractivity contribution in [1.82, 2.24) is 10.7 Å². The van der Waals surface area contributed by atoms with E-state index in [0.29, 0.717) is 17.7 Å². The monoisotopic (exact) mass is 503 g/mol. The van der Waals surface area contributed by atoms with Gasteiger partial charge in [-0.2, -0.15) is 5.10 Å². The summed E-state index contributed by atoms with van der Waals surface area (Å²) in [5.41, 5.74) is 6.71. The summed E-state index contributed by atoms with van der Waals surface area (Å²) in [6, 6.07) is 12.9. The number of ether oxygens (including phenoxy) is 1. The van der Waals surface area contributed by atoms with Crippen molar-refractivity contribution in [3.63, 3.8) is 0 Å². The topological polar surface area (TPSA) is 82.9 Å². The first-order chi connectivity index (χ1) is 18.0. The van der Waals surface area contributed by atoms with Crippen LogP contribution in [0.4, 0.5) is 0 Å². The molecule has 0 aromatic heterocycles. The summed E-state index contributed by atoms with van der Waals surface area (Å²) in [5.74, 6) is 0.529. The summed E-state index contributed by atoms with van der Waals surface area (Å²) in [7, 11) is 0. The maximum Gasteiger partial charge on any atom is 0.271 e. The maximum atomic E-state index is 12.8. The predicted octanol–water partition coefficient (Wildman–Crippen LogP) is 5.94. The van der Waals surface area contributed by atoms with Crippen LogP contribution in [-0.2, 0) is 12.8 Å². The Bertz CT molecular complexity index is 1100. The van der Waals surface area contributed by atoms with Crippen molar-refractivity contribution in [2.24, 2.45) is 10.5 Å². The minimum atomic E-state index is -0.294. The molecule has 0 radical (unpaired) electrons. The lowest BCUT2D eigenvalue weighted by Crippen LogP contribution is -2.31. The first-order valence-corrected chi connectivity index (χ1v) is 13.7. The van der Waals surface area contributed by atoms with Gasteiger partial charge in [0.15, 0.2) is 11.5 Å². The van der Waals surface area contributed by atoms with Gasteiger partial charge < -0.3 is 15.2 Å². The Morgan fingerprint density at radius 3 is 2.81 bits per heavy atom. The lowest BCUT2D eigenvalue weighted by Gasteiger charge is -2.31. The van der Waals surface area contributed by atoms with Crippen LogP contribution in [0.3, 0.4) is 0 Å². The molecule has 1 amide bonds. The molecule has 1 heterocycles. The van der Waals surface area contributed by atoms with Crippen LogP contribution in [0.2, 0.25) is 0 Å². The number of nitrogens with zero attached hydrogens (tertiary/aromatic N) is 1. The molecule has 0 spiro atoms. The Morgan fingerprint density at radius 1 is 1.16 bits per heavy atom. The van der Waals surface area contributed by atoms with Gasteiger partial charge in [-0.15, -0.1) is 6.58 Å². The Labute approximate surface area is 221 Å². The molecule has 0 saturated carbocycles. The number of hydrogen-bond donors (Lipinski definition) is 3. The van der Waals surface area contributed by atoms with E-state index in [-0.39, 0.29) is 23.2 Å². The zero-order valence-corrected chi connectivity index (χ0v) is 22.1. The molecule has 1 aliphatic carbocycles. The van der Waals surface area contributed by atoms with Crippen LogP contribution in [0, 0.1) is 5.41 Å². The third-order valence-electron chi connectivity index (χ3n) is 7.83. The van der Waals surface area contributed by atoms with Gasteiger partial charge in [0.2, 0.25) is 0 Å². The highest BCUT2D eigenvalue weighted by atomic mass is 16.5. The highest BCUT2D eigenvalue weighted by Crippen LogP contribution is 2.42. The molecule has 0 saturated heterocycles. The summed E-state index contributed by atoms with van der Waals surface area (Å²) in [6.45, 7) is 8.00. The molecule has 4 rings (SSSR count). The van der Waals surface area contributed by atoms with E-state index in [0.717, 1.165) is 62.9 Å². The first kappa shape index (κ1) is 26.9. The summed E-state index contributed by atoms with van der Waals surface area (Å²) in [5, 5.41) is 18.6. The van der Waals surface area contributed by atoms with Gasteiger partial charge in [0, 0.05) is 24.1 Å². The van der Waals surface area contributed by atoms with Crippen molar-refractivity contribution in [1.29, 1.82) is 0 Å². The van der Waals surface area contributed by atoms with E-state index in [1.165, 1.54) is 24.8 Å². The summed E-state index contributed by atoms with van der Waals surface area (Å²) < 4.78 is 6.32. The molecule has 37 heavy (non-hydrogen) atoms. The van der Waals surface area contributed by atoms with Gasteiger partial charge in [0.05, 0.1) is 5.71 Å². The summed E-state index contributed by atoms with van der Waals surface area (Å²) in [4.78, 5) is 12.8.